The number of thiophene rings is 1. The zero-order chi connectivity index (χ0) is 6.85. The van der Waals surface area contributed by atoms with Crippen molar-refractivity contribution in [2.24, 2.45) is 0 Å². The first-order valence-corrected chi connectivity index (χ1v) is 4.41. The van der Waals surface area contributed by atoms with Gasteiger partial charge in [0.25, 0.3) is 0 Å². The first-order valence-electron chi connectivity index (χ1n) is 2.45. The lowest BCUT2D eigenvalue weighted by molar-refractivity contribution is 0.101. The van der Waals surface area contributed by atoms with Crippen molar-refractivity contribution < 1.29 is 4.79 Å². The third-order valence-electron chi connectivity index (χ3n) is 0.974. The summed E-state index contributed by atoms with van der Waals surface area (Å²) >= 11 is 3.80. The van der Waals surface area contributed by atoms with Crippen molar-refractivity contribution in [1.82, 2.24) is 0 Å². The van der Waals surface area contributed by atoms with Gasteiger partial charge in [0, 0.05) is 10.9 Å². The van der Waals surface area contributed by atoms with E-state index in [4.69, 9.17) is 0 Å². The molecule has 0 radical (unpaired) electrons. The van der Waals surface area contributed by atoms with Gasteiger partial charge in [-0.1, -0.05) is 0 Å². The highest BCUT2D eigenvalue weighted by Gasteiger charge is 1.99. The zero-order valence-electron chi connectivity index (χ0n) is 4.85. The Labute approximate surface area is 71.2 Å². The zero-order valence-corrected chi connectivity index (χ0v) is 7.82. The second-order valence-electron chi connectivity index (χ2n) is 1.70. The van der Waals surface area contributed by atoms with E-state index < -0.39 is 0 Å². The highest BCUT2D eigenvalue weighted by Crippen LogP contribution is 2.16. The molecule has 0 amide bonds. The Kier molecular flexibility index (Phi) is 2.23. The van der Waals surface area contributed by atoms with Crippen molar-refractivity contribution in [3.63, 3.8) is 0 Å². The lowest BCUT2D eigenvalue weighted by Crippen LogP contribution is -1.85. The average Bonchev–Trinajstić information content (AvgIpc) is 2.14. The van der Waals surface area contributed by atoms with Crippen molar-refractivity contribution in [2.45, 2.75) is 6.92 Å². The van der Waals surface area contributed by atoms with E-state index in [2.05, 4.69) is 22.6 Å². The molecule has 48 valence electrons. The lowest BCUT2D eigenvalue weighted by atomic mass is 10.2. The molecular weight excluding hydrogens is 247 g/mol. The van der Waals surface area contributed by atoms with E-state index in [9.17, 15) is 4.79 Å². The number of hydrogen-bond acceptors (Lipinski definition) is 2. The van der Waals surface area contributed by atoms with Crippen LogP contribution < -0.4 is 0 Å². The minimum absolute atomic E-state index is 0.147. The topological polar surface area (TPSA) is 17.1 Å². The Balaban J connectivity index is 2.98. The molecule has 1 aromatic heterocycles. The van der Waals surface area contributed by atoms with E-state index in [1.807, 2.05) is 11.4 Å². The summed E-state index contributed by atoms with van der Waals surface area (Å²) in [7, 11) is 0. The van der Waals surface area contributed by atoms with Gasteiger partial charge in [-0.15, -0.1) is 11.3 Å². The van der Waals surface area contributed by atoms with E-state index in [1.54, 1.807) is 18.3 Å². The number of carbonyl (C=O) groups excluding carboxylic acids is 1. The van der Waals surface area contributed by atoms with Crippen LogP contribution in [0.1, 0.15) is 17.3 Å². The smallest absolute Gasteiger partial charge is 0.160 e. The highest BCUT2D eigenvalue weighted by atomic mass is 127. The summed E-state index contributed by atoms with van der Waals surface area (Å²) < 4.78 is 1.16. The molecule has 0 N–H and O–H groups in total. The van der Waals surface area contributed by atoms with E-state index in [1.165, 1.54) is 0 Å². The molecular formula is C6H5IOS. The normalized spacial score (nSPS) is 9.56. The molecule has 0 unspecified atom stereocenters. The molecule has 1 nitrogen and oxygen atoms in total. The van der Waals surface area contributed by atoms with Gasteiger partial charge in [-0.25, -0.2) is 0 Å². The Morgan fingerprint density at radius 1 is 1.78 bits per heavy atom. The summed E-state index contributed by atoms with van der Waals surface area (Å²) in [6, 6.07) is 1.90. The standard InChI is InChI=1S/C6H5IOS/c1-4(8)5-2-6(7)9-3-5/h2-3H,1H3. The monoisotopic (exact) mass is 252 g/mol. The molecule has 0 saturated heterocycles. The molecule has 1 heterocycles. The van der Waals surface area contributed by atoms with Crippen molar-refractivity contribution in [2.75, 3.05) is 0 Å². The maximum Gasteiger partial charge on any atom is 0.160 e. The number of Topliss-reactive ketones (excluding diaryl/α,β-unsaturated/α-hetero) is 1. The first-order chi connectivity index (χ1) is 4.20. The van der Waals surface area contributed by atoms with E-state index in [0.717, 1.165) is 8.45 Å². The summed E-state index contributed by atoms with van der Waals surface area (Å²) in [5, 5.41) is 1.88. The van der Waals surface area contributed by atoms with E-state index >= 15 is 0 Å². The predicted octanol–water partition coefficient (Wildman–Crippen LogP) is 2.56. The van der Waals surface area contributed by atoms with E-state index in [0.29, 0.717) is 0 Å². The summed E-state index contributed by atoms with van der Waals surface area (Å²) in [5.74, 6) is 0.147. The molecule has 0 saturated carbocycles. The van der Waals surface area contributed by atoms with Gasteiger partial charge in [-0.3, -0.25) is 4.79 Å². The van der Waals surface area contributed by atoms with Gasteiger partial charge in [0.2, 0.25) is 0 Å². The highest BCUT2D eigenvalue weighted by molar-refractivity contribution is 14.1. The van der Waals surface area contributed by atoms with Crippen molar-refractivity contribution in [3.05, 3.63) is 19.9 Å². The largest absolute Gasteiger partial charge is 0.294 e. The molecule has 3 heteroatoms. The van der Waals surface area contributed by atoms with Crippen LogP contribution in [-0.4, -0.2) is 5.78 Å². The Bertz CT molecular complexity index is 229. The maximum atomic E-state index is 10.7. The number of carbonyl (C=O) groups is 1. The fourth-order valence-corrected chi connectivity index (χ4v) is 1.88. The molecule has 1 aromatic rings. The molecule has 0 aliphatic carbocycles. The second-order valence-corrected chi connectivity index (χ2v) is 4.50. The van der Waals surface area contributed by atoms with Crippen molar-refractivity contribution in [3.8, 4) is 0 Å². The Hall–Kier alpha value is 0.1000. The number of halogens is 1. The van der Waals surface area contributed by atoms with Crippen molar-refractivity contribution in [1.29, 1.82) is 0 Å². The van der Waals surface area contributed by atoms with Crippen LogP contribution in [0.5, 0.6) is 0 Å². The fourth-order valence-electron chi connectivity index (χ4n) is 0.495. The SMILES string of the molecule is CC(=O)c1csc(I)c1. The average molecular weight is 252 g/mol. The van der Waals surface area contributed by atoms with Gasteiger partial charge in [0.15, 0.2) is 5.78 Å². The van der Waals surface area contributed by atoms with Crippen LogP contribution in [0.4, 0.5) is 0 Å². The van der Waals surface area contributed by atoms with Crippen LogP contribution in [-0.2, 0) is 0 Å². The summed E-state index contributed by atoms with van der Waals surface area (Å²) in [4.78, 5) is 10.7. The van der Waals surface area contributed by atoms with E-state index in [-0.39, 0.29) is 5.78 Å². The predicted molar refractivity (Wildman–Crippen MR) is 47.0 cm³/mol. The number of rotatable bonds is 1. The van der Waals surface area contributed by atoms with Gasteiger partial charge >= 0.3 is 0 Å². The molecule has 0 spiro atoms. The minimum Gasteiger partial charge on any atom is -0.294 e. The van der Waals surface area contributed by atoms with Crippen LogP contribution in [0.15, 0.2) is 11.4 Å². The maximum absolute atomic E-state index is 10.7. The molecule has 0 bridgehead atoms. The first kappa shape index (κ1) is 7.21. The molecule has 0 aliphatic rings. The molecule has 0 aromatic carbocycles. The fraction of sp³-hybridized carbons (Fsp3) is 0.167. The molecule has 0 atom stereocenters. The minimum atomic E-state index is 0.147. The quantitative estimate of drug-likeness (QED) is 0.554. The summed E-state index contributed by atoms with van der Waals surface area (Å²) in [5.41, 5.74) is 0.824. The Morgan fingerprint density at radius 2 is 2.44 bits per heavy atom. The van der Waals surface area contributed by atoms with Crippen LogP contribution in [0.25, 0.3) is 0 Å². The summed E-state index contributed by atoms with van der Waals surface area (Å²) in [6.45, 7) is 1.58. The molecule has 1 rings (SSSR count). The van der Waals surface area contributed by atoms with Gasteiger partial charge in [0.1, 0.15) is 0 Å². The number of hydrogen-bond donors (Lipinski definition) is 0. The van der Waals surface area contributed by atoms with Crippen LogP contribution in [0.2, 0.25) is 0 Å². The summed E-state index contributed by atoms with van der Waals surface area (Å²) in [6.07, 6.45) is 0. The van der Waals surface area contributed by atoms with Gasteiger partial charge in [-0.05, 0) is 35.6 Å². The third-order valence-corrected chi connectivity index (χ3v) is 2.76. The Morgan fingerprint density at radius 3 is 2.67 bits per heavy atom. The van der Waals surface area contributed by atoms with Crippen LogP contribution in [0.3, 0.4) is 0 Å². The molecule has 0 aliphatic heterocycles. The second kappa shape index (κ2) is 2.79. The number of ketones is 1. The van der Waals surface area contributed by atoms with Crippen LogP contribution in [0, 0.1) is 2.88 Å². The van der Waals surface area contributed by atoms with Crippen LogP contribution >= 0.6 is 33.9 Å². The third kappa shape index (κ3) is 1.76. The van der Waals surface area contributed by atoms with Gasteiger partial charge < -0.3 is 0 Å². The van der Waals surface area contributed by atoms with Crippen molar-refractivity contribution >= 4 is 39.7 Å². The van der Waals surface area contributed by atoms with Gasteiger partial charge in [-0.2, -0.15) is 0 Å². The molecule has 0 fully saturated rings. The lowest BCUT2D eigenvalue weighted by Gasteiger charge is -1.80. The van der Waals surface area contributed by atoms with Gasteiger partial charge in [0.05, 0.1) is 2.88 Å². The molecule has 9 heavy (non-hydrogen) atoms.